The van der Waals surface area contributed by atoms with Crippen molar-refractivity contribution in [2.45, 2.75) is 182 Å². The molecule has 0 radical (unpaired) electrons. The monoisotopic (exact) mass is 1600 g/mol. The van der Waals surface area contributed by atoms with Gasteiger partial charge in [-0.3, -0.25) is 19.2 Å². The van der Waals surface area contributed by atoms with Crippen LogP contribution in [0.3, 0.4) is 0 Å². The molecule has 0 spiro atoms. The minimum atomic E-state index is -3.90. The summed E-state index contributed by atoms with van der Waals surface area (Å²) in [6.45, 7) is 30.3. The topological polar surface area (TPSA) is 357 Å². The quantitative estimate of drug-likeness (QED) is 0.0142. The van der Waals surface area contributed by atoms with Gasteiger partial charge in [0.05, 0.1) is 43.7 Å². The van der Waals surface area contributed by atoms with E-state index in [1.54, 1.807) is 65.8 Å². The SMILES string of the molecule is C.C.C.C.C.C.C1CNC1.CC#[N+][O-].CC(C)(C)c1cc(N)c(C(=O)N2CCC2)o1.CNC(=O)Nc1cc(C(C)(C)C)oc1C(=O)N1CCC1.Cc1ccc(S(=O)(=O)O/C(=C\C#N)C(C)(C)C)cc1.O=C(CO)N1CCC1.O=C(COCc1ccccc1)N1CCC1.O=C(O)COCc1ccccc1.[CH3-].[Pd]. The summed E-state index contributed by atoms with van der Waals surface area (Å²) in [6.07, 6.45) is 6.80. The Bertz CT molecular complexity index is 3540. The second kappa shape index (κ2) is 54.9. The van der Waals surface area contributed by atoms with E-state index in [0.717, 1.165) is 107 Å². The first-order valence-corrected chi connectivity index (χ1v) is 33.7. The number of benzene rings is 3. The number of nitrogens with two attached hydrogens (primary N) is 1. The van der Waals surface area contributed by atoms with Gasteiger partial charge in [0, 0.05) is 113 Å². The van der Waals surface area contributed by atoms with Gasteiger partial charge in [0.15, 0.2) is 0 Å². The average Bonchev–Trinajstić information content (AvgIpc) is 1.59. The molecule has 26 nitrogen and oxygen atoms in total. The van der Waals surface area contributed by atoms with E-state index >= 15 is 0 Å². The molecule has 5 aliphatic rings. The number of aliphatic hydroxyl groups excluding tert-OH is 1. The maximum absolute atomic E-state index is 12.3. The maximum atomic E-state index is 12.3. The number of likely N-dealkylation sites (tertiary alicyclic amines) is 4. The molecule has 602 valence electrons. The molecule has 0 atom stereocenters. The van der Waals surface area contributed by atoms with Gasteiger partial charge >= 0.3 is 22.1 Å². The average molecular weight is 1600 g/mol. The number of hydrogen-bond donors (Lipinski definition) is 6. The number of hydrogen-bond acceptors (Lipinski definition) is 18. The molecule has 5 saturated heterocycles. The number of rotatable bonds is 15. The van der Waals surface area contributed by atoms with Gasteiger partial charge in [0.25, 0.3) is 17.9 Å². The van der Waals surface area contributed by atoms with E-state index in [-0.39, 0.29) is 149 Å². The van der Waals surface area contributed by atoms with Crippen LogP contribution in [-0.4, -0.2) is 166 Å². The summed E-state index contributed by atoms with van der Waals surface area (Å²) in [6, 6.07) is 32.6. The third kappa shape index (κ3) is 39.7. The van der Waals surface area contributed by atoms with Crippen LogP contribution in [0.2, 0.25) is 0 Å². The number of ether oxygens (including phenoxy) is 2. The number of carboxylic acids is 1. The molecule has 106 heavy (non-hydrogen) atoms. The number of amides is 6. The molecule has 10 rings (SSSR count). The van der Waals surface area contributed by atoms with Crippen molar-refractivity contribution in [2.75, 3.05) is 103 Å². The number of aliphatic carboxylic acids is 1. The number of carbonyl (C=O) groups excluding carboxylic acids is 5. The second-order valence-electron chi connectivity index (χ2n) is 25.9. The first-order valence-electron chi connectivity index (χ1n) is 32.3. The molecule has 0 unspecified atom stereocenters. The number of furan rings is 2. The van der Waals surface area contributed by atoms with Crippen molar-refractivity contribution in [3.63, 3.8) is 0 Å². The number of nitrogens with one attached hydrogen (secondary N) is 3. The molecule has 5 aliphatic heterocycles. The van der Waals surface area contributed by atoms with Crippen molar-refractivity contribution in [1.82, 2.24) is 30.2 Å². The van der Waals surface area contributed by atoms with Crippen molar-refractivity contribution in [1.29, 1.82) is 5.26 Å². The van der Waals surface area contributed by atoms with Gasteiger partial charge in [-0.25, -0.2) is 9.59 Å². The molecule has 7 heterocycles. The van der Waals surface area contributed by atoms with Crippen LogP contribution in [0.4, 0.5) is 16.2 Å². The zero-order valence-electron chi connectivity index (χ0n) is 60.1. The minimum absolute atomic E-state index is 0. The number of aliphatic hydroxyl groups is 1. The van der Waals surface area contributed by atoms with Gasteiger partial charge < -0.3 is 86.6 Å². The summed E-state index contributed by atoms with van der Waals surface area (Å²) < 4.78 is 50.8. The van der Waals surface area contributed by atoms with Gasteiger partial charge in [0.1, 0.15) is 42.0 Å². The third-order valence-corrected chi connectivity index (χ3v) is 15.8. The number of allylic oxidation sites excluding steroid dienone is 2. The number of urea groups is 1. The number of nitriles is 1. The molecule has 2 aromatic heterocycles. The predicted molar refractivity (Wildman–Crippen MR) is 421 cm³/mol. The second-order valence-corrected chi connectivity index (χ2v) is 27.4. The van der Waals surface area contributed by atoms with Crippen LogP contribution >= 0.6 is 0 Å². The molecule has 0 bridgehead atoms. The summed E-state index contributed by atoms with van der Waals surface area (Å²) >= 11 is 0. The van der Waals surface area contributed by atoms with E-state index in [4.69, 9.17) is 48.9 Å². The van der Waals surface area contributed by atoms with Gasteiger partial charge in [-0.2, -0.15) is 13.7 Å². The van der Waals surface area contributed by atoms with Crippen LogP contribution in [-0.2, 0) is 82.6 Å². The standard InChI is InChI=1S/C14H21N3O3.C14H17NO3S.C12H18N2O2.C12H15NO2.C9H10O3.C5H9NO2.C3H7N.C2H3NO.6CH4.CH3.Pd/c1-14(2,3)10-8-9(16-13(19)15-4)11(20-10)12(18)17-6-5-7-17;1-11-5-7-12(8-6-11)19(16,17)18-13(9-10-15)14(2,3)4;1-12(2,3)9-7-8(13)10(16-9)11(15)14-5-4-6-14;14-12(13-7-4-8-13)10-15-9-11-5-2-1-3-6-11;10-9(11)7-12-6-8-4-2-1-3-5-8;7-4-5(8)6-2-1-3-6;1-2-4-3-1;1-2-3-4;;;;;;;;/h8H,5-7H2,1-4H3,(H2,15,16,19);5-9H,1-4H3;7H,4-6,13H2,1-3H3;1-3,5-6H,4,7-10H2;1-5H,6-7H2,(H,10,11);7H,1-4H2;4H,1-3H2;1H3;6*1H4;1H3;/q;;;;;;;;;;;;;;-1;/b;13-9-;;;;;;;;;;;;;;. The number of aryl methyl sites for hydroxylation is 1. The summed E-state index contributed by atoms with van der Waals surface area (Å²) in [5, 5.41) is 44.5. The van der Waals surface area contributed by atoms with Crippen LogP contribution in [0.5, 0.6) is 0 Å². The molecule has 0 aliphatic carbocycles. The Kier molecular flexibility index (Phi) is 56.1. The van der Waals surface area contributed by atoms with Crippen molar-refractivity contribution in [3.8, 4) is 12.1 Å². The number of nitrogens with zero attached hydrogens (tertiary/aromatic N) is 6. The normalized spacial score (nSPS) is 13.1. The van der Waals surface area contributed by atoms with Crippen molar-refractivity contribution in [3.05, 3.63) is 166 Å². The molecule has 5 aromatic rings. The molecule has 28 heteroatoms. The van der Waals surface area contributed by atoms with Crippen LogP contribution < -0.4 is 21.7 Å². The fourth-order valence-electron chi connectivity index (χ4n) is 7.92. The number of carbonyl (C=O) groups is 6. The van der Waals surface area contributed by atoms with Crippen molar-refractivity contribution < 1.29 is 90.3 Å². The van der Waals surface area contributed by atoms with Crippen molar-refractivity contribution >= 4 is 57.1 Å². The molecular weight excluding hydrogens is 1470 g/mol. The Morgan fingerprint density at radius 2 is 1.05 bits per heavy atom. The summed E-state index contributed by atoms with van der Waals surface area (Å²) in [5.74, 6) is 0.830. The maximum Gasteiger partial charge on any atom is 0.338 e. The summed E-state index contributed by atoms with van der Waals surface area (Å²) in [4.78, 5) is 74.7. The number of carboxylic acid groups (broad SMARTS) is 1. The van der Waals surface area contributed by atoms with E-state index in [1.165, 1.54) is 45.6 Å². The molecule has 6 amide bonds. The third-order valence-electron chi connectivity index (χ3n) is 14.6. The van der Waals surface area contributed by atoms with Gasteiger partial charge in [-0.15, -0.1) is 0 Å². The molecule has 7 N–H and O–H groups in total. The largest absolute Gasteiger partial charge is 0.498 e. The first kappa shape index (κ1) is 108. The van der Waals surface area contributed by atoms with Crippen LogP contribution in [0.25, 0.3) is 5.01 Å². The Morgan fingerprint density at radius 1 is 0.660 bits per heavy atom. The minimum Gasteiger partial charge on any atom is -0.498 e. The van der Waals surface area contributed by atoms with E-state index in [1.807, 2.05) is 120 Å². The van der Waals surface area contributed by atoms with Crippen LogP contribution in [0.1, 0.15) is 195 Å². The molecular formula is C78H127N10O16PdS-. The fraction of sp³-hybridized carbons (Fsp3) is 0.526. The number of nitrogen functional groups attached to an aromatic ring is 1. The Balaban J connectivity index is -0.000000276. The van der Waals surface area contributed by atoms with Crippen molar-refractivity contribution in [2.24, 2.45) is 5.41 Å². The van der Waals surface area contributed by atoms with Gasteiger partial charge in [0.2, 0.25) is 23.3 Å². The Morgan fingerprint density at radius 3 is 1.37 bits per heavy atom. The summed E-state index contributed by atoms with van der Waals surface area (Å²) in [7, 11) is -2.38. The van der Waals surface area contributed by atoms with E-state index in [0.29, 0.717) is 36.1 Å². The van der Waals surface area contributed by atoms with Crippen LogP contribution in [0, 0.1) is 42.4 Å². The molecule has 5 fully saturated rings. The summed E-state index contributed by atoms with van der Waals surface area (Å²) in [5.41, 5.74) is 8.82. The fourth-order valence-corrected chi connectivity index (χ4v) is 9.02. The Hall–Kier alpha value is -8.59. The first-order chi connectivity index (χ1) is 46.3. The predicted octanol–water partition coefficient (Wildman–Crippen LogP) is 14.3. The van der Waals surface area contributed by atoms with Gasteiger partial charge in [-0.05, 0) is 75.4 Å². The smallest absolute Gasteiger partial charge is 0.338 e. The number of anilines is 2. The Labute approximate surface area is 648 Å². The van der Waals surface area contributed by atoms with Crippen LogP contribution in [0.15, 0.2) is 123 Å². The van der Waals surface area contributed by atoms with E-state index in [2.05, 4.69) is 21.0 Å². The molecule has 3 aromatic carbocycles. The van der Waals surface area contributed by atoms with E-state index < -0.39 is 21.5 Å². The zero-order chi connectivity index (χ0) is 73.1. The van der Waals surface area contributed by atoms with Gasteiger partial charge in [-0.1, -0.05) is 185 Å². The molecule has 0 saturated carbocycles. The van der Waals surface area contributed by atoms with E-state index in [9.17, 15) is 37.2 Å². The zero-order valence-corrected chi connectivity index (χ0v) is 62.4.